The van der Waals surface area contributed by atoms with E-state index in [0.717, 1.165) is 5.56 Å². The van der Waals surface area contributed by atoms with Crippen molar-refractivity contribution in [3.63, 3.8) is 0 Å². The van der Waals surface area contributed by atoms with E-state index in [0.29, 0.717) is 12.3 Å². The highest BCUT2D eigenvalue weighted by molar-refractivity contribution is 5.92. The summed E-state index contributed by atoms with van der Waals surface area (Å²) < 4.78 is 4.90. The van der Waals surface area contributed by atoms with Gasteiger partial charge in [-0.05, 0) is 18.6 Å². The average Bonchev–Trinajstić information content (AvgIpc) is 2.30. The molecule has 3 N–H and O–H groups in total. The molecule has 0 radical (unpaired) electrons. The molecule has 0 unspecified atom stereocenters. The highest BCUT2D eigenvalue weighted by Gasteiger charge is 2.08. The van der Waals surface area contributed by atoms with Crippen molar-refractivity contribution in [2.45, 2.75) is 6.92 Å². The molecule has 0 atom stereocenters. The summed E-state index contributed by atoms with van der Waals surface area (Å²) in [7, 11) is 0. The van der Waals surface area contributed by atoms with Crippen LogP contribution in [0.25, 0.3) is 6.08 Å². The van der Waals surface area contributed by atoms with Crippen molar-refractivity contribution in [1.29, 1.82) is 0 Å². The lowest BCUT2D eigenvalue weighted by Crippen LogP contribution is -2.27. The van der Waals surface area contributed by atoms with Gasteiger partial charge in [0, 0.05) is 0 Å². The molecule has 0 aromatic heterocycles. The van der Waals surface area contributed by atoms with Crippen molar-refractivity contribution in [3.05, 3.63) is 41.6 Å². The van der Waals surface area contributed by atoms with Gasteiger partial charge in [0.1, 0.15) is 5.70 Å². The molecule has 0 bridgehead atoms. The van der Waals surface area contributed by atoms with E-state index in [1.807, 2.05) is 30.3 Å². The third kappa shape index (κ3) is 3.74. The van der Waals surface area contributed by atoms with E-state index in [1.165, 1.54) is 0 Å². The van der Waals surface area contributed by atoms with Crippen LogP contribution in [-0.2, 0) is 9.53 Å². The average molecular weight is 220 g/mol. The first-order chi connectivity index (χ1) is 7.77. The molecular formula is C12H16N2O2. The van der Waals surface area contributed by atoms with Gasteiger partial charge in [-0.2, -0.15) is 0 Å². The van der Waals surface area contributed by atoms with Gasteiger partial charge in [0.2, 0.25) is 0 Å². The van der Waals surface area contributed by atoms with Crippen molar-refractivity contribution in [1.82, 2.24) is 5.32 Å². The molecule has 0 spiro atoms. The molecule has 1 aromatic rings. The minimum atomic E-state index is -0.392. The molecule has 4 nitrogen and oxygen atoms in total. The Bertz CT molecular complexity index is 361. The fourth-order valence-electron chi connectivity index (χ4n) is 1.22. The summed E-state index contributed by atoms with van der Waals surface area (Å²) in [4.78, 5) is 11.5. The van der Waals surface area contributed by atoms with Gasteiger partial charge in [0.05, 0.1) is 13.3 Å². The van der Waals surface area contributed by atoms with Crippen molar-refractivity contribution in [2.24, 2.45) is 5.73 Å². The maximum Gasteiger partial charge on any atom is 0.354 e. The first-order valence-corrected chi connectivity index (χ1v) is 5.15. The van der Waals surface area contributed by atoms with E-state index in [-0.39, 0.29) is 6.67 Å². The van der Waals surface area contributed by atoms with Gasteiger partial charge in [0.15, 0.2) is 0 Å². The smallest absolute Gasteiger partial charge is 0.354 e. The van der Waals surface area contributed by atoms with Crippen LogP contribution in [-0.4, -0.2) is 19.2 Å². The Balaban J connectivity index is 2.84. The molecule has 0 aliphatic carbocycles. The largest absolute Gasteiger partial charge is 0.461 e. The number of carbonyl (C=O) groups excluding carboxylic acids is 1. The first-order valence-electron chi connectivity index (χ1n) is 5.15. The molecule has 4 heteroatoms. The number of esters is 1. The van der Waals surface area contributed by atoms with E-state index in [4.69, 9.17) is 10.5 Å². The lowest BCUT2D eigenvalue weighted by molar-refractivity contribution is -0.138. The Kier molecular flexibility index (Phi) is 5.08. The van der Waals surface area contributed by atoms with Crippen LogP contribution in [0.3, 0.4) is 0 Å². The monoisotopic (exact) mass is 220 g/mol. The van der Waals surface area contributed by atoms with Crippen molar-refractivity contribution < 1.29 is 9.53 Å². The van der Waals surface area contributed by atoms with Crippen LogP contribution in [0.5, 0.6) is 0 Å². The molecule has 0 saturated carbocycles. The molecule has 86 valence electrons. The summed E-state index contributed by atoms with van der Waals surface area (Å²) in [5.74, 6) is -0.392. The third-order valence-electron chi connectivity index (χ3n) is 1.90. The van der Waals surface area contributed by atoms with Gasteiger partial charge in [-0.1, -0.05) is 30.3 Å². The van der Waals surface area contributed by atoms with Crippen LogP contribution in [0.2, 0.25) is 0 Å². The Morgan fingerprint density at radius 1 is 1.44 bits per heavy atom. The van der Waals surface area contributed by atoms with Crippen LogP contribution in [0.15, 0.2) is 36.0 Å². The van der Waals surface area contributed by atoms with Crippen LogP contribution < -0.4 is 11.1 Å². The van der Waals surface area contributed by atoms with Gasteiger partial charge in [-0.15, -0.1) is 0 Å². The molecule has 0 aliphatic rings. The minimum Gasteiger partial charge on any atom is -0.461 e. The first kappa shape index (κ1) is 12.3. The van der Waals surface area contributed by atoms with Crippen molar-refractivity contribution >= 4 is 12.0 Å². The number of benzene rings is 1. The highest BCUT2D eigenvalue weighted by Crippen LogP contribution is 2.05. The summed E-state index contributed by atoms with van der Waals surface area (Å²) >= 11 is 0. The second-order valence-corrected chi connectivity index (χ2v) is 3.07. The van der Waals surface area contributed by atoms with Gasteiger partial charge in [0.25, 0.3) is 0 Å². The SMILES string of the molecule is CCOC(=O)C(=Cc1ccccc1)NCN. The fraction of sp³-hybridized carbons (Fsp3) is 0.250. The summed E-state index contributed by atoms with van der Waals surface area (Å²) in [5.41, 5.74) is 6.65. The van der Waals surface area contributed by atoms with Crippen LogP contribution >= 0.6 is 0 Å². The second-order valence-electron chi connectivity index (χ2n) is 3.07. The molecule has 1 aromatic carbocycles. The lowest BCUT2D eigenvalue weighted by Gasteiger charge is -2.07. The zero-order valence-electron chi connectivity index (χ0n) is 9.27. The Morgan fingerprint density at radius 3 is 2.69 bits per heavy atom. The molecular weight excluding hydrogens is 204 g/mol. The number of carbonyl (C=O) groups is 1. The topological polar surface area (TPSA) is 64.3 Å². The summed E-state index contributed by atoms with van der Waals surface area (Å²) in [6.07, 6.45) is 1.71. The molecule has 0 aliphatic heterocycles. The highest BCUT2D eigenvalue weighted by atomic mass is 16.5. The summed E-state index contributed by atoms with van der Waals surface area (Å²) in [5, 5.41) is 2.78. The standard InChI is InChI=1S/C12H16N2O2/c1-2-16-12(15)11(14-9-13)8-10-6-4-3-5-7-10/h3-8,14H,2,9,13H2,1H3. The zero-order valence-corrected chi connectivity index (χ0v) is 9.27. The van der Waals surface area contributed by atoms with E-state index in [1.54, 1.807) is 13.0 Å². The molecule has 0 heterocycles. The lowest BCUT2D eigenvalue weighted by atomic mass is 10.2. The van der Waals surface area contributed by atoms with E-state index < -0.39 is 5.97 Å². The number of nitrogens with one attached hydrogen (secondary N) is 1. The predicted molar refractivity (Wildman–Crippen MR) is 63.2 cm³/mol. The van der Waals surface area contributed by atoms with Crippen LogP contribution in [0.4, 0.5) is 0 Å². The van der Waals surface area contributed by atoms with Gasteiger partial charge >= 0.3 is 5.97 Å². The zero-order chi connectivity index (χ0) is 11.8. The molecule has 0 amide bonds. The maximum absolute atomic E-state index is 11.5. The number of hydrogen-bond acceptors (Lipinski definition) is 4. The number of nitrogens with two attached hydrogens (primary N) is 1. The molecule has 1 rings (SSSR count). The summed E-state index contributed by atoms with van der Waals surface area (Å²) in [6, 6.07) is 9.51. The number of hydrogen-bond donors (Lipinski definition) is 2. The second kappa shape index (κ2) is 6.63. The predicted octanol–water partition coefficient (Wildman–Crippen LogP) is 1.10. The quantitative estimate of drug-likeness (QED) is 0.443. The summed E-state index contributed by atoms with van der Waals surface area (Å²) in [6.45, 7) is 2.30. The fourth-order valence-corrected chi connectivity index (χ4v) is 1.22. The Labute approximate surface area is 95.1 Å². The Hall–Kier alpha value is -1.81. The minimum absolute atomic E-state index is 0.192. The van der Waals surface area contributed by atoms with Crippen LogP contribution in [0.1, 0.15) is 12.5 Å². The molecule has 0 saturated heterocycles. The number of rotatable bonds is 5. The van der Waals surface area contributed by atoms with Crippen molar-refractivity contribution in [2.75, 3.05) is 13.3 Å². The van der Waals surface area contributed by atoms with Crippen molar-refractivity contribution in [3.8, 4) is 0 Å². The molecule has 0 fully saturated rings. The third-order valence-corrected chi connectivity index (χ3v) is 1.90. The van der Waals surface area contributed by atoms with Crippen LogP contribution in [0, 0.1) is 0 Å². The number of ether oxygens (including phenoxy) is 1. The van der Waals surface area contributed by atoms with Gasteiger partial charge in [-0.3, -0.25) is 0 Å². The van der Waals surface area contributed by atoms with E-state index in [9.17, 15) is 4.79 Å². The normalized spacial score (nSPS) is 11.0. The maximum atomic E-state index is 11.5. The van der Waals surface area contributed by atoms with Gasteiger partial charge in [-0.25, -0.2) is 4.79 Å². The van der Waals surface area contributed by atoms with E-state index in [2.05, 4.69) is 5.32 Å². The Morgan fingerprint density at radius 2 is 2.12 bits per heavy atom. The van der Waals surface area contributed by atoms with Gasteiger partial charge < -0.3 is 15.8 Å². The van der Waals surface area contributed by atoms with E-state index >= 15 is 0 Å². The molecule has 16 heavy (non-hydrogen) atoms.